The third-order valence-corrected chi connectivity index (χ3v) is 5.13. The number of nitrogens with one attached hydrogen (secondary N) is 1. The van der Waals surface area contributed by atoms with Crippen LogP contribution in [-0.2, 0) is 16.6 Å². The number of methoxy groups -OCH3 is 1. The monoisotopic (exact) mass is 362 g/mol. The highest BCUT2D eigenvalue weighted by Gasteiger charge is 2.16. The topological polar surface area (TPSA) is 75.7 Å². The van der Waals surface area contributed by atoms with Gasteiger partial charge in [-0.25, -0.2) is 8.42 Å². The summed E-state index contributed by atoms with van der Waals surface area (Å²) in [6, 6.07) is 12.4. The van der Waals surface area contributed by atoms with Gasteiger partial charge in [-0.1, -0.05) is 24.3 Å². The Morgan fingerprint density at radius 2 is 1.88 bits per heavy atom. The molecule has 0 unspecified atom stereocenters. The molecule has 0 heterocycles. The van der Waals surface area contributed by atoms with E-state index in [4.69, 9.17) is 4.74 Å². The first-order valence-electron chi connectivity index (χ1n) is 7.68. The minimum Gasteiger partial charge on any atom is -0.496 e. The first kappa shape index (κ1) is 18.8. The lowest BCUT2D eigenvalue weighted by Crippen LogP contribution is -2.27. The van der Waals surface area contributed by atoms with E-state index in [1.807, 2.05) is 24.3 Å². The van der Waals surface area contributed by atoms with Crippen LogP contribution in [0, 0.1) is 6.92 Å². The van der Waals surface area contributed by atoms with Crippen LogP contribution < -0.4 is 14.4 Å². The van der Waals surface area contributed by atoms with Crippen LogP contribution >= 0.6 is 0 Å². The molecule has 0 saturated carbocycles. The van der Waals surface area contributed by atoms with Crippen LogP contribution in [0.1, 0.15) is 21.5 Å². The summed E-state index contributed by atoms with van der Waals surface area (Å²) in [6.45, 7) is 2.11. The Labute approximate surface area is 148 Å². The second-order valence-electron chi connectivity index (χ2n) is 5.73. The van der Waals surface area contributed by atoms with Crippen molar-refractivity contribution < 1.29 is 17.9 Å². The number of hydrogen-bond donors (Lipinski definition) is 1. The van der Waals surface area contributed by atoms with Gasteiger partial charge in [0.25, 0.3) is 5.91 Å². The SMILES string of the molecule is COc1ccccc1CNC(=O)c1ccc(C)c(N(C)S(C)(=O)=O)c1. The van der Waals surface area contributed by atoms with Crippen molar-refractivity contribution in [3.8, 4) is 5.75 Å². The summed E-state index contributed by atoms with van der Waals surface area (Å²) >= 11 is 0. The fourth-order valence-electron chi connectivity index (χ4n) is 2.40. The van der Waals surface area contributed by atoms with Crippen molar-refractivity contribution >= 4 is 21.6 Å². The van der Waals surface area contributed by atoms with Gasteiger partial charge in [-0.3, -0.25) is 9.10 Å². The maximum absolute atomic E-state index is 12.4. The van der Waals surface area contributed by atoms with Gasteiger partial charge in [0.2, 0.25) is 10.0 Å². The summed E-state index contributed by atoms with van der Waals surface area (Å²) in [5.41, 5.74) is 2.51. The Bertz CT molecular complexity index is 878. The Kier molecular flexibility index (Phi) is 5.69. The molecule has 0 aliphatic carbocycles. The van der Waals surface area contributed by atoms with E-state index in [9.17, 15) is 13.2 Å². The molecule has 0 spiro atoms. The number of para-hydroxylation sites is 1. The molecule has 1 amide bonds. The highest BCUT2D eigenvalue weighted by molar-refractivity contribution is 7.92. The molecule has 1 N–H and O–H groups in total. The molecule has 25 heavy (non-hydrogen) atoms. The fraction of sp³-hybridized carbons (Fsp3) is 0.278. The molecule has 0 atom stereocenters. The number of sulfonamides is 1. The first-order chi connectivity index (χ1) is 11.7. The zero-order valence-corrected chi connectivity index (χ0v) is 15.6. The summed E-state index contributed by atoms with van der Waals surface area (Å²) in [5, 5.41) is 2.83. The normalized spacial score (nSPS) is 11.0. The smallest absolute Gasteiger partial charge is 0.251 e. The van der Waals surface area contributed by atoms with Gasteiger partial charge in [-0.15, -0.1) is 0 Å². The Balaban J connectivity index is 2.20. The quantitative estimate of drug-likeness (QED) is 0.856. The van der Waals surface area contributed by atoms with Gasteiger partial charge in [-0.2, -0.15) is 0 Å². The van der Waals surface area contributed by atoms with Crippen LogP contribution in [0.3, 0.4) is 0 Å². The van der Waals surface area contributed by atoms with Crippen molar-refractivity contribution in [2.45, 2.75) is 13.5 Å². The van der Waals surface area contributed by atoms with Crippen LogP contribution in [0.4, 0.5) is 5.69 Å². The van der Waals surface area contributed by atoms with Crippen LogP contribution in [0.5, 0.6) is 5.75 Å². The number of amides is 1. The Morgan fingerprint density at radius 3 is 2.52 bits per heavy atom. The number of ether oxygens (including phenoxy) is 1. The zero-order chi connectivity index (χ0) is 18.6. The molecular weight excluding hydrogens is 340 g/mol. The van der Waals surface area contributed by atoms with Gasteiger partial charge in [0.05, 0.1) is 19.1 Å². The lowest BCUT2D eigenvalue weighted by Gasteiger charge is -2.19. The van der Waals surface area contributed by atoms with E-state index < -0.39 is 10.0 Å². The van der Waals surface area contributed by atoms with E-state index in [2.05, 4.69) is 5.32 Å². The number of anilines is 1. The summed E-state index contributed by atoms with van der Waals surface area (Å²) in [7, 11) is -0.356. The van der Waals surface area contributed by atoms with E-state index in [1.54, 1.807) is 32.2 Å². The van der Waals surface area contributed by atoms with Crippen molar-refractivity contribution in [3.63, 3.8) is 0 Å². The second kappa shape index (κ2) is 7.57. The summed E-state index contributed by atoms with van der Waals surface area (Å²) in [5.74, 6) is 0.415. The molecule has 0 aliphatic rings. The predicted molar refractivity (Wildman–Crippen MR) is 98.6 cm³/mol. The molecule has 7 heteroatoms. The number of aryl methyl sites for hydroxylation is 1. The minimum atomic E-state index is -3.40. The van der Waals surface area contributed by atoms with Gasteiger partial charge >= 0.3 is 0 Å². The minimum absolute atomic E-state index is 0.283. The van der Waals surface area contributed by atoms with E-state index in [0.717, 1.165) is 17.4 Å². The third-order valence-electron chi connectivity index (χ3n) is 3.94. The highest BCUT2D eigenvalue weighted by atomic mass is 32.2. The summed E-state index contributed by atoms with van der Waals surface area (Å²) < 4.78 is 29.9. The molecule has 0 aromatic heterocycles. The lowest BCUT2D eigenvalue weighted by atomic mass is 10.1. The maximum Gasteiger partial charge on any atom is 0.251 e. The molecule has 0 saturated heterocycles. The largest absolute Gasteiger partial charge is 0.496 e. The second-order valence-corrected chi connectivity index (χ2v) is 7.74. The first-order valence-corrected chi connectivity index (χ1v) is 9.53. The summed E-state index contributed by atoms with van der Waals surface area (Å²) in [4.78, 5) is 12.4. The number of nitrogens with zero attached hydrogens (tertiary/aromatic N) is 1. The number of benzene rings is 2. The van der Waals surface area contributed by atoms with Crippen molar-refractivity contribution in [2.24, 2.45) is 0 Å². The fourth-order valence-corrected chi connectivity index (χ4v) is 2.95. The summed E-state index contributed by atoms with van der Waals surface area (Å²) in [6.07, 6.45) is 1.13. The van der Waals surface area contributed by atoms with E-state index in [0.29, 0.717) is 23.5 Å². The number of carbonyl (C=O) groups excluding carboxylic acids is 1. The van der Waals surface area contributed by atoms with Crippen molar-refractivity contribution in [2.75, 3.05) is 24.7 Å². The highest BCUT2D eigenvalue weighted by Crippen LogP contribution is 2.23. The number of rotatable bonds is 6. The van der Waals surface area contributed by atoms with Crippen molar-refractivity contribution in [1.29, 1.82) is 0 Å². The van der Waals surface area contributed by atoms with E-state index in [-0.39, 0.29) is 5.91 Å². The predicted octanol–water partition coefficient (Wildman–Crippen LogP) is 2.33. The molecule has 0 bridgehead atoms. The molecule has 0 aliphatic heterocycles. The molecule has 0 radical (unpaired) electrons. The third kappa shape index (κ3) is 4.51. The van der Waals surface area contributed by atoms with Crippen LogP contribution in [-0.4, -0.2) is 34.7 Å². The standard InChI is InChI=1S/C18H22N2O4S/c1-13-9-10-14(11-16(13)20(2)25(4,22)23)18(21)19-12-15-7-5-6-8-17(15)24-3/h5-11H,12H2,1-4H3,(H,19,21). The van der Waals surface area contributed by atoms with Crippen LogP contribution in [0.2, 0.25) is 0 Å². The lowest BCUT2D eigenvalue weighted by molar-refractivity contribution is 0.0950. The van der Waals surface area contributed by atoms with Gasteiger partial charge < -0.3 is 10.1 Å². The average Bonchev–Trinajstić information content (AvgIpc) is 2.58. The van der Waals surface area contributed by atoms with Gasteiger partial charge in [0.15, 0.2) is 0 Å². The molecule has 0 fully saturated rings. The molecule has 6 nitrogen and oxygen atoms in total. The van der Waals surface area contributed by atoms with Crippen molar-refractivity contribution in [3.05, 3.63) is 59.2 Å². The van der Waals surface area contributed by atoms with E-state index >= 15 is 0 Å². The Hall–Kier alpha value is -2.54. The zero-order valence-electron chi connectivity index (χ0n) is 14.7. The van der Waals surface area contributed by atoms with Crippen LogP contribution in [0.15, 0.2) is 42.5 Å². The number of hydrogen-bond acceptors (Lipinski definition) is 4. The van der Waals surface area contributed by atoms with E-state index in [1.165, 1.54) is 11.4 Å². The van der Waals surface area contributed by atoms with Crippen molar-refractivity contribution in [1.82, 2.24) is 5.32 Å². The van der Waals surface area contributed by atoms with Crippen LogP contribution in [0.25, 0.3) is 0 Å². The van der Waals surface area contributed by atoms with Gasteiger partial charge in [-0.05, 0) is 30.7 Å². The molecule has 2 aromatic rings. The van der Waals surface area contributed by atoms with Gasteiger partial charge in [0, 0.05) is 24.7 Å². The maximum atomic E-state index is 12.4. The number of carbonyl (C=O) groups is 1. The molecule has 2 aromatic carbocycles. The average molecular weight is 362 g/mol. The molecule has 2 rings (SSSR count). The van der Waals surface area contributed by atoms with Gasteiger partial charge in [0.1, 0.15) is 5.75 Å². The molecular formula is C18H22N2O4S. The molecule has 134 valence electrons. The Morgan fingerprint density at radius 1 is 1.20 bits per heavy atom.